The molecule has 2 aromatic carbocycles. The van der Waals surface area contributed by atoms with E-state index in [9.17, 15) is 9.59 Å². The van der Waals surface area contributed by atoms with Crippen molar-refractivity contribution in [3.63, 3.8) is 0 Å². The van der Waals surface area contributed by atoms with Crippen molar-refractivity contribution >= 4 is 67.0 Å². The van der Waals surface area contributed by atoms with Crippen molar-refractivity contribution < 1.29 is 9.59 Å². The predicted molar refractivity (Wildman–Crippen MR) is 145 cm³/mol. The summed E-state index contributed by atoms with van der Waals surface area (Å²) in [7, 11) is 5.73. The Morgan fingerprint density at radius 3 is 2.81 bits per heavy atom. The Morgan fingerprint density at radius 2 is 2.00 bits per heavy atom. The van der Waals surface area contributed by atoms with E-state index < -0.39 is 0 Å². The van der Waals surface area contributed by atoms with Crippen molar-refractivity contribution in [1.82, 2.24) is 24.3 Å². The van der Waals surface area contributed by atoms with Gasteiger partial charge in [-0.15, -0.1) is 0 Å². The number of rotatable bonds is 7. The van der Waals surface area contributed by atoms with Crippen LogP contribution in [0.5, 0.6) is 0 Å². The molecule has 188 valence electrons. The van der Waals surface area contributed by atoms with Crippen molar-refractivity contribution in [2.24, 2.45) is 13.0 Å². The van der Waals surface area contributed by atoms with Gasteiger partial charge in [-0.25, -0.2) is 9.97 Å². The Balaban J connectivity index is 1.29. The molecule has 0 radical (unpaired) electrons. The highest BCUT2D eigenvalue weighted by atomic mass is 35.5. The monoisotopic (exact) mass is 524 g/mol. The third-order valence-electron chi connectivity index (χ3n) is 6.57. The molecule has 0 unspecified atom stereocenters. The van der Waals surface area contributed by atoms with E-state index in [4.69, 9.17) is 16.6 Å². The maximum atomic E-state index is 13.1. The van der Waals surface area contributed by atoms with Crippen molar-refractivity contribution in [1.29, 1.82) is 0 Å². The van der Waals surface area contributed by atoms with Gasteiger partial charge in [0, 0.05) is 37.1 Å². The summed E-state index contributed by atoms with van der Waals surface area (Å²) < 4.78 is 2.96. The summed E-state index contributed by atoms with van der Waals surface area (Å²) in [5.74, 6) is 1.05. The number of nitrogens with zero attached hydrogens (tertiary/aromatic N) is 5. The third kappa shape index (κ3) is 5.23. The number of aryl methyl sites for hydroxylation is 1. The molecular formula is C26H29ClN6O2S. The van der Waals surface area contributed by atoms with Gasteiger partial charge in [0.15, 0.2) is 10.9 Å². The molecule has 1 saturated heterocycles. The van der Waals surface area contributed by atoms with Crippen LogP contribution >= 0.6 is 22.9 Å². The van der Waals surface area contributed by atoms with Gasteiger partial charge in [0.05, 0.1) is 27.8 Å². The minimum absolute atomic E-state index is 0.0898. The molecule has 1 atom stereocenters. The Morgan fingerprint density at radius 1 is 1.17 bits per heavy atom. The number of thiazole rings is 1. The van der Waals surface area contributed by atoms with Gasteiger partial charge in [0.2, 0.25) is 11.9 Å². The minimum atomic E-state index is 0.0898. The number of fused-ring (bicyclic) bond motifs is 2. The SMILES string of the molecule is CN(C)CC(=O)N1CCC[C@@H](CC(=O)c2ccc3c(c2)nc(Nc2nc4ccc(Cl)cc4s2)n3C)C1. The molecule has 3 heterocycles. The van der Waals surface area contributed by atoms with Gasteiger partial charge in [-0.3, -0.25) is 9.59 Å². The summed E-state index contributed by atoms with van der Waals surface area (Å²) in [5, 5.41) is 4.71. The van der Waals surface area contributed by atoms with Crippen molar-refractivity contribution in [2.75, 3.05) is 39.0 Å². The van der Waals surface area contributed by atoms with Crippen LogP contribution in [0, 0.1) is 5.92 Å². The number of benzene rings is 2. The lowest BCUT2D eigenvalue weighted by molar-refractivity contribution is -0.133. The number of likely N-dealkylation sites (N-methyl/N-ethyl adjacent to an activating group) is 1. The number of hydrogen-bond donors (Lipinski definition) is 1. The van der Waals surface area contributed by atoms with Gasteiger partial charge in [-0.1, -0.05) is 22.9 Å². The van der Waals surface area contributed by atoms with Crippen LogP contribution in [0.25, 0.3) is 21.3 Å². The van der Waals surface area contributed by atoms with Gasteiger partial charge in [-0.05, 0) is 69.3 Å². The quantitative estimate of drug-likeness (QED) is 0.344. The second kappa shape index (κ2) is 10.2. The third-order valence-corrected chi connectivity index (χ3v) is 7.74. The fraction of sp³-hybridized carbons (Fsp3) is 0.385. The zero-order valence-electron chi connectivity index (χ0n) is 20.6. The molecule has 2 aromatic heterocycles. The summed E-state index contributed by atoms with van der Waals surface area (Å²) in [6.45, 7) is 1.82. The topological polar surface area (TPSA) is 83.4 Å². The number of ketones is 1. The molecule has 1 N–H and O–H groups in total. The molecule has 8 nitrogen and oxygen atoms in total. The Hall–Kier alpha value is -3.01. The normalized spacial score (nSPS) is 16.2. The molecule has 0 spiro atoms. The smallest absolute Gasteiger partial charge is 0.236 e. The van der Waals surface area contributed by atoms with E-state index in [-0.39, 0.29) is 17.6 Å². The van der Waals surface area contributed by atoms with Crippen LogP contribution in [0.3, 0.4) is 0 Å². The lowest BCUT2D eigenvalue weighted by Gasteiger charge is -2.33. The highest BCUT2D eigenvalue weighted by molar-refractivity contribution is 7.22. The molecule has 36 heavy (non-hydrogen) atoms. The number of aromatic nitrogens is 3. The number of hydrogen-bond acceptors (Lipinski definition) is 7. The number of carbonyl (C=O) groups excluding carboxylic acids is 2. The van der Waals surface area contributed by atoms with Crippen molar-refractivity contribution in [3.8, 4) is 0 Å². The first-order valence-corrected chi connectivity index (χ1v) is 13.2. The molecular weight excluding hydrogens is 496 g/mol. The molecule has 1 fully saturated rings. The zero-order chi connectivity index (χ0) is 25.4. The summed E-state index contributed by atoms with van der Waals surface area (Å²) in [4.78, 5) is 38.7. The number of Topliss-reactive ketones (excluding diaryl/α,β-unsaturated/α-hetero) is 1. The number of likely N-dealkylation sites (tertiary alicyclic amines) is 1. The van der Waals surface area contributed by atoms with Crippen LogP contribution in [-0.4, -0.2) is 69.8 Å². The van der Waals surface area contributed by atoms with Crippen LogP contribution < -0.4 is 5.32 Å². The highest BCUT2D eigenvalue weighted by Crippen LogP contribution is 2.31. The van der Waals surface area contributed by atoms with E-state index in [1.165, 1.54) is 11.3 Å². The fourth-order valence-corrected chi connectivity index (χ4v) is 5.88. The van der Waals surface area contributed by atoms with Crippen LogP contribution in [-0.2, 0) is 11.8 Å². The second-order valence-corrected chi connectivity index (χ2v) is 11.1. The molecule has 4 aromatic rings. The summed E-state index contributed by atoms with van der Waals surface area (Å²) >= 11 is 7.62. The van der Waals surface area contributed by atoms with Crippen molar-refractivity contribution in [2.45, 2.75) is 19.3 Å². The van der Waals surface area contributed by atoms with Gasteiger partial charge in [-0.2, -0.15) is 0 Å². The average Bonchev–Trinajstić information content (AvgIpc) is 3.38. The number of amides is 1. The van der Waals surface area contributed by atoms with Crippen LogP contribution in [0.4, 0.5) is 11.1 Å². The van der Waals surface area contributed by atoms with E-state index in [0.29, 0.717) is 36.0 Å². The molecule has 1 amide bonds. The van der Waals surface area contributed by atoms with E-state index in [2.05, 4.69) is 10.3 Å². The van der Waals surface area contributed by atoms with Gasteiger partial charge in [0.1, 0.15) is 0 Å². The van der Waals surface area contributed by atoms with E-state index in [1.807, 2.05) is 71.9 Å². The minimum Gasteiger partial charge on any atom is -0.341 e. The Bertz CT molecular complexity index is 1450. The molecule has 1 aliphatic rings. The molecule has 0 aliphatic carbocycles. The van der Waals surface area contributed by atoms with Gasteiger partial charge >= 0.3 is 0 Å². The first-order valence-electron chi connectivity index (χ1n) is 12.0. The number of carbonyl (C=O) groups is 2. The van der Waals surface area contributed by atoms with Crippen LogP contribution in [0.2, 0.25) is 5.02 Å². The van der Waals surface area contributed by atoms with E-state index >= 15 is 0 Å². The lowest BCUT2D eigenvalue weighted by Crippen LogP contribution is -2.44. The largest absolute Gasteiger partial charge is 0.341 e. The van der Waals surface area contributed by atoms with E-state index in [1.54, 1.807) is 0 Å². The molecule has 5 rings (SSSR count). The average molecular weight is 525 g/mol. The second-order valence-electron chi connectivity index (χ2n) is 9.67. The highest BCUT2D eigenvalue weighted by Gasteiger charge is 2.26. The standard InChI is InChI=1S/C26H29ClN6O2S/c1-31(2)15-24(35)33-10-4-5-16(14-33)11-22(34)17-6-9-21-20(12-17)28-25(32(21)3)30-26-29-19-8-7-18(27)13-23(19)36-26/h6-9,12-13,16H,4-5,10-11,14-15H2,1-3H3,(H,28,29,30)/t16-/m0/s1. The lowest BCUT2D eigenvalue weighted by atomic mass is 9.90. The number of piperidine rings is 1. The maximum Gasteiger partial charge on any atom is 0.236 e. The van der Waals surface area contributed by atoms with Crippen molar-refractivity contribution in [3.05, 3.63) is 47.0 Å². The van der Waals surface area contributed by atoms with Gasteiger partial charge in [0.25, 0.3) is 0 Å². The molecule has 1 aliphatic heterocycles. The van der Waals surface area contributed by atoms with E-state index in [0.717, 1.165) is 45.8 Å². The zero-order valence-corrected chi connectivity index (χ0v) is 22.2. The predicted octanol–water partition coefficient (Wildman–Crippen LogP) is 4.95. The van der Waals surface area contributed by atoms with Gasteiger partial charge < -0.3 is 19.7 Å². The summed E-state index contributed by atoms with van der Waals surface area (Å²) in [6.07, 6.45) is 2.33. The molecule has 0 bridgehead atoms. The number of nitrogens with one attached hydrogen (secondary N) is 1. The molecule has 0 saturated carbocycles. The maximum absolute atomic E-state index is 13.1. The van der Waals surface area contributed by atoms with Crippen LogP contribution in [0.1, 0.15) is 29.6 Å². The first-order chi connectivity index (χ1) is 17.3. The number of imidazole rings is 1. The summed E-state index contributed by atoms with van der Waals surface area (Å²) in [6, 6.07) is 11.3. The molecule has 10 heteroatoms. The fourth-order valence-electron chi connectivity index (χ4n) is 4.74. The number of halogens is 1. The number of anilines is 2. The summed E-state index contributed by atoms with van der Waals surface area (Å²) in [5.41, 5.74) is 3.21. The first kappa shape index (κ1) is 24.7. The Labute approximate surface area is 218 Å². The Kier molecular flexibility index (Phi) is 6.96. The van der Waals surface area contributed by atoms with Crippen LogP contribution in [0.15, 0.2) is 36.4 Å².